The maximum absolute atomic E-state index is 12.2. The van der Waals surface area contributed by atoms with Crippen LogP contribution in [-0.4, -0.2) is 36.6 Å². The molecule has 0 unspecified atom stereocenters. The number of hydrogen-bond donors (Lipinski definition) is 2. The molecular weight excluding hydrogens is 382 g/mol. The van der Waals surface area contributed by atoms with Crippen LogP contribution in [0.15, 0.2) is 36.5 Å². The summed E-state index contributed by atoms with van der Waals surface area (Å²) in [6.45, 7) is 4.95. The molecule has 0 atom stereocenters. The van der Waals surface area contributed by atoms with E-state index in [0.717, 1.165) is 12.8 Å². The Morgan fingerprint density at radius 1 is 1.04 bits per heavy atom. The number of carbonyl (C=O) groups excluding carboxylic acids is 2. The number of hydrogen-bond acceptors (Lipinski definition) is 5. The molecule has 0 saturated heterocycles. The van der Waals surface area contributed by atoms with Crippen molar-refractivity contribution in [2.75, 3.05) is 25.1 Å². The number of pyridine rings is 1. The molecule has 2 aromatic rings. The minimum Gasteiger partial charge on any atom is -0.490 e. The molecule has 0 fully saturated rings. The summed E-state index contributed by atoms with van der Waals surface area (Å²) >= 11 is 5.83. The molecule has 2 amide bonds. The Hall–Kier alpha value is -2.80. The van der Waals surface area contributed by atoms with Crippen molar-refractivity contribution >= 4 is 29.1 Å². The van der Waals surface area contributed by atoms with Gasteiger partial charge in [-0.25, -0.2) is 0 Å². The van der Waals surface area contributed by atoms with Crippen molar-refractivity contribution in [3.63, 3.8) is 0 Å². The summed E-state index contributed by atoms with van der Waals surface area (Å²) in [5.41, 5.74) is 0.697. The lowest BCUT2D eigenvalue weighted by Gasteiger charge is -2.14. The van der Waals surface area contributed by atoms with Crippen LogP contribution in [0.25, 0.3) is 0 Å². The van der Waals surface area contributed by atoms with Crippen LogP contribution in [0.5, 0.6) is 11.5 Å². The molecule has 0 bridgehead atoms. The maximum atomic E-state index is 12.2. The third-order valence-corrected chi connectivity index (χ3v) is 3.75. The van der Waals surface area contributed by atoms with E-state index in [2.05, 4.69) is 15.6 Å². The van der Waals surface area contributed by atoms with Crippen molar-refractivity contribution in [2.24, 2.45) is 0 Å². The van der Waals surface area contributed by atoms with Gasteiger partial charge in [-0.3, -0.25) is 14.6 Å². The van der Waals surface area contributed by atoms with Crippen molar-refractivity contribution < 1.29 is 19.1 Å². The number of rotatable bonds is 10. The van der Waals surface area contributed by atoms with Crippen LogP contribution in [0.1, 0.15) is 37.2 Å². The molecular formula is C20H24ClN3O4. The first-order valence-corrected chi connectivity index (χ1v) is 9.50. The minimum atomic E-state index is -0.479. The molecule has 1 aromatic heterocycles. The number of aromatic nitrogens is 1. The van der Waals surface area contributed by atoms with Crippen molar-refractivity contribution in [3.8, 4) is 11.5 Å². The Morgan fingerprint density at radius 3 is 2.43 bits per heavy atom. The van der Waals surface area contributed by atoms with Crippen LogP contribution < -0.4 is 20.1 Å². The van der Waals surface area contributed by atoms with E-state index < -0.39 is 5.91 Å². The van der Waals surface area contributed by atoms with E-state index in [1.807, 2.05) is 13.8 Å². The van der Waals surface area contributed by atoms with Gasteiger partial charge in [0.05, 0.1) is 19.8 Å². The van der Waals surface area contributed by atoms with Crippen LogP contribution in [0.2, 0.25) is 5.02 Å². The summed E-state index contributed by atoms with van der Waals surface area (Å²) in [6, 6.07) is 8.18. The molecule has 2 N–H and O–H groups in total. The Kier molecular flexibility index (Phi) is 8.55. The number of carbonyl (C=O) groups is 2. The van der Waals surface area contributed by atoms with Gasteiger partial charge in [0.1, 0.15) is 5.69 Å². The zero-order chi connectivity index (χ0) is 20.4. The van der Waals surface area contributed by atoms with Gasteiger partial charge < -0.3 is 20.1 Å². The molecule has 0 saturated carbocycles. The normalized spacial score (nSPS) is 10.2. The number of halogens is 1. The fourth-order valence-electron chi connectivity index (χ4n) is 2.23. The van der Waals surface area contributed by atoms with Gasteiger partial charge in [-0.2, -0.15) is 0 Å². The second kappa shape index (κ2) is 11.1. The molecule has 8 heteroatoms. The van der Waals surface area contributed by atoms with E-state index in [1.165, 1.54) is 12.3 Å². The summed E-state index contributed by atoms with van der Waals surface area (Å²) < 4.78 is 11.4. The van der Waals surface area contributed by atoms with Gasteiger partial charge in [0.25, 0.3) is 5.91 Å². The van der Waals surface area contributed by atoms with E-state index in [-0.39, 0.29) is 18.1 Å². The highest BCUT2D eigenvalue weighted by Gasteiger charge is 2.12. The Bertz CT molecular complexity index is 814. The maximum Gasteiger partial charge on any atom is 0.270 e. The van der Waals surface area contributed by atoms with Crippen molar-refractivity contribution in [1.29, 1.82) is 0 Å². The first-order chi connectivity index (χ1) is 13.5. The van der Waals surface area contributed by atoms with E-state index in [0.29, 0.717) is 35.4 Å². The van der Waals surface area contributed by atoms with Gasteiger partial charge in [-0.05, 0) is 37.1 Å². The largest absolute Gasteiger partial charge is 0.490 e. The molecule has 150 valence electrons. The molecule has 1 aromatic carbocycles. The lowest BCUT2D eigenvalue weighted by atomic mass is 10.2. The van der Waals surface area contributed by atoms with E-state index >= 15 is 0 Å². The van der Waals surface area contributed by atoms with E-state index in [1.54, 1.807) is 24.3 Å². The summed E-state index contributed by atoms with van der Waals surface area (Å²) in [7, 11) is 0. The zero-order valence-corrected chi connectivity index (χ0v) is 16.7. The molecule has 0 aliphatic carbocycles. The fraction of sp³-hybridized carbons (Fsp3) is 0.350. The first-order valence-electron chi connectivity index (χ1n) is 9.12. The molecule has 0 spiro atoms. The second-order valence-electron chi connectivity index (χ2n) is 5.95. The Labute approximate surface area is 169 Å². The molecule has 7 nitrogen and oxygen atoms in total. The Morgan fingerprint density at radius 2 is 1.75 bits per heavy atom. The number of nitrogens with one attached hydrogen (secondary N) is 2. The topological polar surface area (TPSA) is 89.6 Å². The summed E-state index contributed by atoms with van der Waals surface area (Å²) in [4.78, 5) is 28.1. The predicted octanol–water partition coefficient (Wildman–Crippen LogP) is 3.68. The van der Waals surface area contributed by atoms with Crippen molar-refractivity contribution in [3.05, 3.63) is 47.2 Å². The lowest BCUT2D eigenvalue weighted by Crippen LogP contribution is -2.33. The number of ether oxygens (including phenoxy) is 2. The van der Waals surface area contributed by atoms with Crippen LogP contribution in [0.3, 0.4) is 0 Å². The average molecular weight is 406 g/mol. The molecule has 2 rings (SSSR count). The van der Waals surface area contributed by atoms with Crippen LogP contribution >= 0.6 is 11.6 Å². The average Bonchev–Trinajstić information content (AvgIpc) is 2.69. The van der Waals surface area contributed by atoms with Crippen molar-refractivity contribution in [1.82, 2.24) is 10.3 Å². The van der Waals surface area contributed by atoms with Gasteiger partial charge in [-0.1, -0.05) is 25.4 Å². The van der Waals surface area contributed by atoms with Gasteiger partial charge in [-0.15, -0.1) is 0 Å². The zero-order valence-electron chi connectivity index (χ0n) is 16.0. The fourth-order valence-corrected chi connectivity index (χ4v) is 2.39. The van der Waals surface area contributed by atoms with Crippen molar-refractivity contribution in [2.45, 2.75) is 26.7 Å². The molecule has 1 heterocycles. The van der Waals surface area contributed by atoms with Gasteiger partial charge in [0, 0.05) is 23.0 Å². The summed E-state index contributed by atoms with van der Waals surface area (Å²) in [6.07, 6.45) is 3.16. The monoisotopic (exact) mass is 405 g/mol. The third-order valence-electron chi connectivity index (χ3n) is 3.51. The quantitative estimate of drug-likeness (QED) is 0.629. The van der Waals surface area contributed by atoms with Crippen LogP contribution in [-0.2, 0) is 4.79 Å². The van der Waals surface area contributed by atoms with Gasteiger partial charge in [0.2, 0.25) is 5.91 Å². The SMILES string of the molecule is CCCOc1ccc(NC(=O)CNC(=O)c2cc(Cl)ccn2)cc1OCCC. The van der Waals surface area contributed by atoms with Gasteiger partial charge >= 0.3 is 0 Å². The number of benzene rings is 1. The lowest BCUT2D eigenvalue weighted by molar-refractivity contribution is -0.115. The molecule has 0 aliphatic heterocycles. The smallest absolute Gasteiger partial charge is 0.270 e. The summed E-state index contributed by atoms with van der Waals surface area (Å²) in [5.74, 6) is 0.348. The highest BCUT2D eigenvalue weighted by atomic mass is 35.5. The standard InChI is InChI=1S/C20H24ClN3O4/c1-3-9-27-17-6-5-15(12-18(17)28-10-4-2)24-19(25)13-23-20(26)16-11-14(21)7-8-22-16/h5-8,11-12H,3-4,9-10,13H2,1-2H3,(H,23,26)(H,24,25). The van der Waals surface area contributed by atoms with E-state index in [4.69, 9.17) is 21.1 Å². The molecule has 0 aliphatic rings. The van der Waals surface area contributed by atoms with E-state index in [9.17, 15) is 9.59 Å². The highest BCUT2D eigenvalue weighted by molar-refractivity contribution is 6.30. The minimum absolute atomic E-state index is 0.146. The highest BCUT2D eigenvalue weighted by Crippen LogP contribution is 2.30. The van der Waals surface area contributed by atoms with Crippen LogP contribution in [0.4, 0.5) is 5.69 Å². The van der Waals surface area contributed by atoms with Crippen LogP contribution in [0, 0.1) is 0 Å². The molecule has 0 radical (unpaired) electrons. The van der Waals surface area contributed by atoms with Gasteiger partial charge in [0.15, 0.2) is 11.5 Å². The molecule has 28 heavy (non-hydrogen) atoms. The number of nitrogens with zero attached hydrogens (tertiary/aromatic N) is 1. The number of anilines is 1. The second-order valence-corrected chi connectivity index (χ2v) is 6.39. The number of amides is 2. The first kappa shape index (κ1) is 21.5. The predicted molar refractivity (Wildman–Crippen MR) is 108 cm³/mol. The third kappa shape index (κ3) is 6.74. The summed E-state index contributed by atoms with van der Waals surface area (Å²) in [5, 5.41) is 5.63. The Balaban J connectivity index is 1.95.